The summed E-state index contributed by atoms with van der Waals surface area (Å²) in [6.07, 6.45) is 0.182. The molecule has 10 heteroatoms. The van der Waals surface area contributed by atoms with Crippen LogP contribution in [-0.2, 0) is 27.7 Å². The van der Waals surface area contributed by atoms with Crippen molar-refractivity contribution in [2.75, 3.05) is 25.0 Å². The Morgan fingerprint density at radius 1 is 1.03 bits per heavy atom. The Morgan fingerprint density at radius 3 is 2.41 bits per heavy atom. The molecule has 2 aliphatic rings. The van der Waals surface area contributed by atoms with Crippen LogP contribution in [0, 0.1) is 5.92 Å². The molecule has 1 fully saturated rings. The maximum atomic E-state index is 13.2. The third-order valence-electron chi connectivity index (χ3n) is 6.32. The summed E-state index contributed by atoms with van der Waals surface area (Å²) >= 11 is 0. The number of hydrogen-bond acceptors (Lipinski definition) is 4. The lowest BCUT2D eigenvalue weighted by Crippen LogP contribution is -2.41. The Balaban J connectivity index is 1.37. The molecule has 0 spiro atoms. The van der Waals surface area contributed by atoms with Crippen molar-refractivity contribution in [1.29, 1.82) is 0 Å². The van der Waals surface area contributed by atoms with E-state index in [9.17, 15) is 26.4 Å². The number of para-hydroxylation sites is 2. The first-order valence-electron chi connectivity index (χ1n) is 11.3. The number of benzene rings is 2. The second-order valence-corrected chi connectivity index (χ2v) is 10.6. The molecule has 0 saturated carbocycles. The summed E-state index contributed by atoms with van der Waals surface area (Å²) in [7, 11) is -3.66. The number of nitrogens with zero attached hydrogens (tertiary/aromatic N) is 1. The van der Waals surface area contributed by atoms with Gasteiger partial charge in [0.1, 0.15) is 5.75 Å². The Kier molecular flexibility index (Phi) is 7.18. The van der Waals surface area contributed by atoms with E-state index in [1.165, 1.54) is 28.1 Å². The lowest BCUT2D eigenvalue weighted by molar-refractivity contribution is -0.153. The number of amides is 1. The first kappa shape index (κ1) is 24.5. The van der Waals surface area contributed by atoms with Gasteiger partial charge in [-0.2, -0.15) is 17.5 Å². The van der Waals surface area contributed by atoms with Gasteiger partial charge in [0, 0.05) is 19.0 Å². The summed E-state index contributed by atoms with van der Waals surface area (Å²) < 4.78 is 70.0. The number of nitrogens with one attached hydrogen (secondary N) is 1. The van der Waals surface area contributed by atoms with E-state index in [4.69, 9.17) is 4.74 Å². The molecule has 4 rings (SSSR count). The highest BCUT2D eigenvalue weighted by molar-refractivity contribution is 7.89. The van der Waals surface area contributed by atoms with Gasteiger partial charge in [-0.3, -0.25) is 4.79 Å². The van der Waals surface area contributed by atoms with Crippen molar-refractivity contribution in [2.24, 2.45) is 5.92 Å². The zero-order valence-corrected chi connectivity index (χ0v) is 19.4. The Morgan fingerprint density at radius 2 is 1.71 bits per heavy atom. The van der Waals surface area contributed by atoms with Crippen LogP contribution in [0.25, 0.3) is 0 Å². The van der Waals surface area contributed by atoms with Crippen LogP contribution in [0.5, 0.6) is 5.75 Å². The standard InChI is InChI=1S/C24H27F3N2O4S/c25-24(26,27)16-33-22-8-4-3-7-21(22)28-23(30)18-11-13-29(14-12-18)34(31,32)20-10-9-17-5-1-2-6-19(17)15-20/h3-4,7-10,15,18H,1-2,5-6,11-14,16H2,(H,28,30). The molecule has 1 aliphatic heterocycles. The van der Waals surface area contributed by atoms with E-state index < -0.39 is 28.7 Å². The topological polar surface area (TPSA) is 75.7 Å². The van der Waals surface area contributed by atoms with Crippen LogP contribution >= 0.6 is 0 Å². The molecule has 0 radical (unpaired) electrons. The number of hydrogen-bond donors (Lipinski definition) is 1. The third-order valence-corrected chi connectivity index (χ3v) is 8.21. The van der Waals surface area contributed by atoms with Crippen molar-refractivity contribution in [3.05, 3.63) is 53.6 Å². The molecule has 2 aromatic carbocycles. The number of carbonyl (C=O) groups is 1. The fraction of sp³-hybridized carbons (Fsp3) is 0.458. The number of piperidine rings is 1. The second kappa shape index (κ2) is 9.95. The highest BCUT2D eigenvalue weighted by Gasteiger charge is 2.33. The molecule has 34 heavy (non-hydrogen) atoms. The second-order valence-electron chi connectivity index (χ2n) is 8.71. The van der Waals surface area contributed by atoms with E-state index in [-0.39, 0.29) is 35.3 Å². The number of carbonyl (C=O) groups excluding carboxylic acids is 1. The molecule has 2 aromatic rings. The summed E-state index contributed by atoms with van der Waals surface area (Å²) in [6.45, 7) is -1.06. The van der Waals surface area contributed by atoms with Gasteiger partial charge in [-0.25, -0.2) is 8.42 Å². The van der Waals surface area contributed by atoms with Gasteiger partial charge in [0.05, 0.1) is 10.6 Å². The van der Waals surface area contributed by atoms with Gasteiger partial charge in [0.15, 0.2) is 6.61 Å². The fourth-order valence-corrected chi connectivity index (χ4v) is 5.99. The van der Waals surface area contributed by atoms with E-state index in [1.807, 2.05) is 6.07 Å². The van der Waals surface area contributed by atoms with E-state index in [2.05, 4.69) is 5.32 Å². The maximum absolute atomic E-state index is 13.2. The van der Waals surface area contributed by atoms with Crippen molar-refractivity contribution in [3.63, 3.8) is 0 Å². The highest BCUT2D eigenvalue weighted by atomic mass is 32.2. The summed E-state index contributed by atoms with van der Waals surface area (Å²) in [5.41, 5.74) is 2.45. The SMILES string of the molecule is O=C(Nc1ccccc1OCC(F)(F)F)C1CCN(S(=O)(=O)c2ccc3c(c2)CCCC3)CC1. The van der Waals surface area contributed by atoms with E-state index in [0.29, 0.717) is 12.8 Å². The smallest absolute Gasteiger partial charge is 0.422 e. The fourth-order valence-electron chi connectivity index (χ4n) is 4.47. The molecule has 0 atom stereocenters. The predicted octanol–water partition coefficient (Wildman–Crippen LogP) is 4.55. The monoisotopic (exact) mass is 496 g/mol. The first-order valence-corrected chi connectivity index (χ1v) is 12.8. The number of anilines is 1. The lowest BCUT2D eigenvalue weighted by atomic mass is 9.92. The van der Waals surface area contributed by atoms with Crippen LogP contribution in [0.4, 0.5) is 18.9 Å². The molecule has 0 bridgehead atoms. The summed E-state index contributed by atoms with van der Waals surface area (Å²) in [4.78, 5) is 13.0. The van der Waals surface area contributed by atoms with Crippen molar-refractivity contribution in [1.82, 2.24) is 4.31 Å². The van der Waals surface area contributed by atoms with E-state index >= 15 is 0 Å². The van der Waals surface area contributed by atoms with Crippen molar-refractivity contribution in [3.8, 4) is 5.75 Å². The molecule has 0 aromatic heterocycles. The number of halogens is 3. The lowest BCUT2D eigenvalue weighted by Gasteiger charge is -2.31. The first-order chi connectivity index (χ1) is 16.1. The van der Waals surface area contributed by atoms with Gasteiger partial charge in [-0.1, -0.05) is 18.2 Å². The largest absolute Gasteiger partial charge is 0.482 e. The minimum atomic E-state index is -4.49. The van der Waals surface area contributed by atoms with E-state index in [0.717, 1.165) is 31.2 Å². The molecular weight excluding hydrogens is 469 g/mol. The van der Waals surface area contributed by atoms with Crippen LogP contribution < -0.4 is 10.1 Å². The van der Waals surface area contributed by atoms with Crippen LogP contribution in [0.1, 0.15) is 36.8 Å². The molecule has 6 nitrogen and oxygen atoms in total. The quantitative estimate of drug-likeness (QED) is 0.637. The zero-order valence-electron chi connectivity index (χ0n) is 18.6. The Bertz CT molecular complexity index is 1140. The molecule has 1 saturated heterocycles. The van der Waals surface area contributed by atoms with E-state index in [1.54, 1.807) is 18.2 Å². The van der Waals surface area contributed by atoms with Gasteiger partial charge in [0.2, 0.25) is 15.9 Å². The van der Waals surface area contributed by atoms with Crippen molar-refractivity contribution >= 4 is 21.6 Å². The van der Waals surface area contributed by atoms with Gasteiger partial charge < -0.3 is 10.1 Å². The third kappa shape index (κ3) is 5.72. The maximum Gasteiger partial charge on any atom is 0.422 e. The highest BCUT2D eigenvalue weighted by Crippen LogP contribution is 2.30. The summed E-state index contributed by atoms with van der Waals surface area (Å²) in [6, 6.07) is 11.3. The molecular formula is C24H27F3N2O4S. The molecule has 1 aliphatic carbocycles. The number of ether oxygens (including phenoxy) is 1. The van der Waals surface area contributed by atoms with Crippen LogP contribution in [0.2, 0.25) is 0 Å². The normalized spacial score (nSPS) is 17.7. The van der Waals surface area contributed by atoms with Gasteiger partial charge in [-0.05, 0) is 73.9 Å². The molecule has 184 valence electrons. The van der Waals surface area contributed by atoms with Crippen molar-refractivity contribution < 1.29 is 31.1 Å². The minimum Gasteiger partial charge on any atom is -0.482 e. The average Bonchev–Trinajstić information content (AvgIpc) is 2.82. The number of rotatable bonds is 6. The molecule has 1 heterocycles. The van der Waals surface area contributed by atoms with Gasteiger partial charge >= 0.3 is 6.18 Å². The van der Waals surface area contributed by atoms with Gasteiger partial charge in [-0.15, -0.1) is 0 Å². The van der Waals surface area contributed by atoms with Crippen LogP contribution in [-0.4, -0.2) is 44.5 Å². The van der Waals surface area contributed by atoms with Crippen molar-refractivity contribution in [2.45, 2.75) is 49.6 Å². The molecule has 1 amide bonds. The minimum absolute atomic E-state index is 0.0689. The number of aryl methyl sites for hydroxylation is 2. The zero-order chi connectivity index (χ0) is 24.3. The average molecular weight is 497 g/mol. The number of alkyl halides is 3. The molecule has 0 unspecified atom stereocenters. The van der Waals surface area contributed by atoms with Gasteiger partial charge in [0.25, 0.3) is 0 Å². The van der Waals surface area contributed by atoms with Crippen LogP contribution in [0.3, 0.4) is 0 Å². The predicted molar refractivity (Wildman–Crippen MR) is 121 cm³/mol. The van der Waals surface area contributed by atoms with Crippen LogP contribution in [0.15, 0.2) is 47.4 Å². The Hall–Kier alpha value is -2.59. The summed E-state index contributed by atoms with van der Waals surface area (Å²) in [5, 5.41) is 2.64. The molecule has 1 N–H and O–H groups in total. The number of fused-ring (bicyclic) bond motifs is 1. The number of sulfonamides is 1. The Labute approximate surface area is 197 Å². The summed E-state index contributed by atoms with van der Waals surface area (Å²) in [5.74, 6) is -0.889.